The van der Waals surface area contributed by atoms with Crippen LogP contribution in [0.1, 0.15) is 23.0 Å². The fraction of sp³-hybridized carbons (Fsp3) is 0.300. The van der Waals surface area contributed by atoms with Crippen molar-refractivity contribution in [2.75, 3.05) is 45.9 Å². The maximum atomic E-state index is 13.4. The molecule has 0 bridgehead atoms. The van der Waals surface area contributed by atoms with Gasteiger partial charge in [0.2, 0.25) is 0 Å². The van der Waals surface area contributed by atoms with Gasteiger partial charge in [-0.3, -0.25) is 9.80 Å². The van der Waals surface area contributed by atoms with Gasteiger partial charge in [-0.15, -0.1) is 18.3 Å². The summed E-state index contributed by atoms with van der Waals surface area (Å²) in [5.41, 5.74) is 2.05. The van der Waals surface area contributed by atoms with Gasteiger partial charge in [0.25, 0.3) is 0 Å². The van der Waals surface area contributed by atoms with Gasteiger partial charge in [-0.05, 0) is 34.2 Å². The molecule has 3 aromatic carbocycles. The van der Waals surface area contributed by atoms with Crippen molar-refractivity contribution < 1.29 is 27.4 Å². The molecule has 9 nitrogen and oxygen atoms in total. The van der Waals surface area contributed by atoms with E-state index in [-0.39, 0.29) is 5.75 Å². The molecule has 1 saturated heterocycles. The van der Waals surface area contributed by atoms with E-state index in [4.69, 9.17) is 9.47 Å². The zero-order valence-electron chi connectivity index (χ0n) is 22.7. The van der Waals surface area contributed by atoms with Gasteiger partial charge in [0.05, 0.1) is 5.69 Å². The molecule has 0 N–H and O–H groups in total. The number of para-hydroxylation sites is 1. The van der Waals surface area contributed by atoms with Crippen LogP contribution in [0.15, 0.2) is 78.9 Å². The highest BCUT2D eigenvalue weighted by Gasteiger charge is 2.37. The highest BCUT2D eigenvalue weighted by molar-refractivity contribution is 5.50. The van der Waals surface area contributed by atoms with Crippen LogP contribution >= 0.6 is 0 Å². The summed E-state index contributed by atoms with van der Waals surface area (Å²) in [7, 11) is 0. The molecule has 1 atom stereocenters. The smallest absolute Gasteiger partial charge is 0.486 e. The lowest BCUT2D eigenvalue weighted by Gasteiger charge is -2.39. The van der Waals surface area contributed by atoms with E-state index in [1.165, 1.54) is 16.8 Å². The maximum absolute atomic E-state index is 13.4. The van der Waals surface area contributed by atoms with Crippen molar-refractivity contribution in [3.63, 3.8) is 0 Å². The number of nitrogens with zero attached hydrogens (tertiary/aromatic N) is 6. The lowest BCUT2D eigenvalue weighted by atomic mass is 10.0. The molecule has 6 rings (SSSR count). The number of fused-ring (bicyclic) bond motifs is 1. The fourth-order valence-electron chi connectivity index (χ4n) is 5.24. The van der Waals surface area contributed by atoms with E-state index in [1.54, 1.807) is 30.3 Å². The number of ether oxygens (including phenoxy) is 3. The molecule has 1 aromatic heterocycles. The zero-order valence-corrected chi connectivity index (χ0v) is 22.7. The number of benzene rings is 3. The number of hydrogen-bond donors (Lipinski definition) is 0. The molecule has 218 valence electrons. The molecule has 3 heterocycles. The summed E-state index contributed by atoms with van der Waals surface area (Å²) in [4.78, 5) is 4.39. The summed E-state index contributed by atoms with van der Waals surface area (Å²) in [6.07, 6.45) is -0.648. The first-order valence-corrected chi connectivity index (χ1v) is 13.7. The number of piperazine rings is 1. The van der Waals surface area contributed by atoms with Crippen LogP contribution in [0.2, 0.25) is 0 Å². The highest BCUT2D eigenvalue weighted by atomic mass is 19.4. The van der Waals surface area contributed by atoms with Crippen LogP contribution in [0, 0.1) is 0 Å². The van der Waals surface area contributed by atoms with E-state index >= 15 is 0 Å². The van der Waals surface area contributed by atoms with Gasteiger partial charge in [0, 0.05) is 44.4 Å². The molecule has 1 unspecified atom stereocenters. The number of halogens is 3. The Labute approximate surface area is 240 Å². The Morgan fingerprint density at radius 3 is 2.40 bits per heavy atom. The summed E-state index contributed by atoms with van der Waals surface area (Å²) in [6, 6.07) is 20.8. The molecule has 0 aliphatic carbocycles. The fourth-order valence-corrected chi connectivity index (χ4v) is 5.24. The molecule has 0 radical (unpaired) electrons. The Morgan fingerprint density at radius 1 is 0.881 bits per heavy atom. The van der Waals surface area contributed by atoms with Crippen molar-refractivity contribution >= 4 is 6.08 Å². The molecule has 0 spiro atoms. The first kappa shape index (κ1) is 27.7. The quantitative estimate of drug-likeness (QED) is 0.297. The SMILES string of the molecule is FC(F)(F)Oc1ccccc1C(c1nnnn1-c1ccc2c(c1)OCCO2)N1CCN(C/C=C/c2ccccc2)CC1. The van der Waals surface area contributed by atoms with Gasteiger partial charge < -0.3 is 14.2 Å². The largest absolute Gasteiger partial charge is 0.573 e. The predicted molar refractivity (Wildman–Crippen MR) is 149 cm³/mol. The number of hydrogen-bond acceptors (Lipinski definition) is 8. The number of rotatable bonds is 8. The van der Waals surface area contributed by atoms with Crippen LogP contribution in [-0.4, -0.2) is 82.3 Å². The monoisotopic (exact) mass is 578 g/mol. The van der Waals surface area contributed by atoms with Crippen molar-refractivity contribution in [1.82, 2.24) is 30.0 Å². The highest BCUT2D eigenvalue weighted by Crippen LogP contribution is 2.38. The van der Waals surface area contributed by atoms with Crippen LogP contribution < -0.4 is 14.2 Å². The van der Waals surface area contributed by atoms with Crippen molar-refractivity contribution in [1.29, 1.82) is 0 Å². The first-order valence-electron chi connectivity index (χ1n) is 13.7. The van der Waals surface area contributed by atoms with Gasteiger partial charge in [0.1, 0.15) is 25.0 Å². The standard InChI is InChI=1S/C30H29F3N6O3/c31-30(32,33)42-25-11-5-4-10-24(25)28(38-17-15-37(16-18-38)14-6-9-22-7-2-1-3-8-22)29-34-35-36-39(29)23-12-13-26-27(21-23)41-20-19-40-26/h1-13,21,28H,14-20H2/b9-6+. The lowest BCUT2D eigenvalue weighted by Crippen LogP contribution is -2.48. The predicted octanol–water partition coefficient (Wildman–Crippen LogP) is 4.75. The minimum absolute atomic E-state index is 0.292. The van der Waals surface area contributed by atoms with Crippen LogP contribution in [0.4, 0.5) is 13.2 Å². The number of alkyl halides is 3. The van der Waals surface area contributed by atoms with Crippen LogP contribution in [-0.2, 0) is 0 Å². The molecular formula is C30H29F3N6O3. The van der Waals surface area contributed by atoms with Gasteiger partial charge in [0.15, 0.2) is 17.3 Å². The van der Waals surface area contributed by atoms with Crippen LogP contribution in [0.5, 0.6) is 17.2 Å². The Hall–Kier alpha value is -4.42. The van der Waals surface area contributed by atoms with E-state index in [0.29, 0.717) is 68.0 Å². The van der Waals surface area contributed by atoms with E-state index < -0.39 is 12.4 Å². The summed E-state index contributed by atoms with van der Waals surface area (Å²) >= 11 is 0. The lowest BCUT2D eigenvalue weighted by molar-refractivity contribution is -0.275. The second-order valence-electron chi connectivity index (χ2n) is 9.91. The van der Waals surface area contributed by atoms with Gasteiger partial charge in [-0.1, -0.05) is 60.7 Å². The van der Waals surface area contributed by atoms with Gasteiger partial charge in [-0.2, -0.15) is 4.68 Å². The maximum Gasteiger partial charge on any atom is 0.573 e. The third-order valence-corrected chi connectivity index (χ3v) is 7.19. The average Bonchev–Trinajstić information content (AvgIpc) is 3.48. The Bertz CT molecular complexity index is 1520. The molecule has 0 amide bonds. The van der Waals surface area contributed by atoms with Crippen molar-refractivity contribution in [2.24, 2.45) is 0 Å². The first-order chi connectivity index (χ1) is 20.4. The van der Waals surface area contributed by atoms with Gasteiger partial charge in [-0.25, -0.2) is 0 Å². The minimum atomic E-state index is -4.85. The Kier molecular flexibility index (Phi) is 8.06. The molecular weight excluding hydrogens is 549 g/mol. The average molecular weight is 579 g/mol. The molecule has 2 aliphatic rings. The summed E-state index contributed by atoms with van der Waals surface area (Å²) in [5.74, 6) is 1.23. The molecule has 12 heteroatoms. The van der Waals surface area contributed by atoms with E-state index in [2.05, 4.69) is 42.2 Å². The van der Waals surface area contributed by atoms with Crippen LogP contribution in [0.3, 0.4) is 0 Å². The summed E-state index contributed by atoms with van der Waals surface area (Å²) < 4.78 is 57.7. The molecule has 2 aliphatic heterocycles. The summed E-state index contributed by atoms with van der Waals surface area (Å²) in [5, 5.41) is 12.5. The zero-order chi connectivity index (χ0) is 28.9. The second-order valence-corrected chi connectivity index (χ2v) is 9.91. The molecule has 4 aromatic rings. The summed E-state index contributed by atoms with van der Waals surface area (Å²) in [6.45, 7) is 4.21. The molecule has 42 heavy (non-hydrogen) atoms. The minimum Gasteiger partial charge on any atom is -0.486 e. The third-order valence-electron chi connectivity index (χ3n) is 7.19. The van der Waals surface area contributed by atoms with E-state index in [0.717, 1.165) is 12.1 Å². The normalized spacial score (nSPS) is 16.9. The van der Waals surface area contributed by atoms with Crippen LogP contribution in [0.25, 0.3) is 11.8 Å². The Balaban J connectivity index is 1.29. The topological polar surface area (TPSA) is 77.8 Å². The van der Waals surface area contributed by atoms with Crippen molar-refractivity contribution in [2.45, 2.75) is 12.4 Å². The van der Waals surface area contributed by atoms with Crippen molar-refractivity contribution in [3.8, 4) is 22.9 Å². The number of aromatic nitrogens is 4. The molecule has 1 fully saturated rings. The van der Waals surface area contributed by atoms with E-state index in [9.17, 15) is 13.2 Å². The third kappa shape index (κ3) is 6.39. The molecule has 0 saturated carbocycles. The van der Waals surface area contributed by atoms with E-state index in [1.807, 2.05) is 30.3 Å². The Morgan fingerprint density at radius 2 is 1.62 bits per heavy atom. The number of tetrazole rings is 1. The van der Waals surface area contributed by atoms with Crippen molar-refractivity contribution in [3.05, 3.63) is 95.8 Å². The van der Waals surface area contributed by atoms with Gasteiger partial charge >= 0.3 is 6.36 Å². The second kappa shape index (κ2) is 12.2.